The van der Waals surface area contributed by atoms with Crippen molar-refractivity contribution in [2.24, 2.45) is 0 Å². The molecule has 3 rings (SSSR count). The first kappa shape index (κ1) is 20.5. The smallest absolute Gasteiger partial charge is 0.230 e. The van der Waals surface area contributed by atoms with Crippen LogP contribution in [0.3, 0.4) is 0 Å². The average Bonchev–Trinajstić information content (AvgIpc) is 3.01. The monoisotopic (exact) mass is 435 g/mol. The van der Waals surface area contributed by atoms with Gasteiger partial charge in [0.2, 0.25) is 11.1 Å². The molecular weight excluding hydrogens is 417 g/mol. The fraction of sp³-hybridized carbons (Fsp3) is 0.211. The van der Waals surface area contributed by atoms with Crippen LogP contribution in [-0.2, 0) is 4.79 Å². The number of amides is 1. The number of nitrogens with zero attached hydrogens (tertiary/aromatic N) is 3. The van der Waals surface area contributed by atoms with Crippen molar-refractivity contribution in [2.45, 2.75) is 25.0 Å². The van der Waals surface area contributed by atoms with Crippen LogP contribution < -0.4 is 11.2 Å². The zero-order chi connectivity index (χ0) is 20.3. The Hall–Kier alpha value is -2.22. The van der Waals surface area contributed by atoms with Gasteiger partial charge in [0.1, 0.15) is 0 Å². The van der Waals surface area contributed by atoms with Crippen LogP contribution in [0.5, 0.6) is 0 Å². The molecule has 1 aromatic heterocycles. The molecule has 0 saturated carbocycles. The fourth-order valence-electron chi connectivity index (χ4n) is 2.62. The quantitative estimate of drug-likeness (QED) is 0.446. The van der Waals surface area contributed by atoms with Crippen molar-refractivity contribution in [3.63, 3.8) is 0 Å². The van der Waals surface area contributed by atoms with Crippen molar-refractivity contribution in [1.29, 1.82) is 0 Å². The molecule has 2 aromatic carbocycles. The first-order valence-electron chi connectivity index (χ1n) is 8.50. The summed E-state index contributed by atoms with van der Waals surface area (Å²) >= 11 is 13.3. The van der Waals surface area contributed by atoms with Gasteiger partial charge in [-0.2, -0.15) is 0 Å². The number of hydrogen-bond acceptors (Lipinski definition) is 5. The summed E-state index contributed by atoms with van der Waals surface area (Å²) in [4.78, 5) is 12.3. The number of nitrogen functional groups attached to an aromatic ring is 1. The van der Waals surface area contributed by atoms with Gasteiger partial charge in [0, 0.05) is 15.6 Å². The highest BCUT2D eigenvalue weighted by atomic mass is 35.5. The molecule has 146 valence electrons. The van der Waals surface area contributed by atoms with Crippen LogP contribution >= 0.6 is 35.0 Å². The number of aromatic nitrogens is 3. The van der Waals surface area contributed by atoms with Crippen LogP contribution in [0.15, 0.2) is 47.6 Å². The fourth-order valence-corrected chi connectivity index (χ4v) is 3.86. The lowest BCUT2D eigenvalue weighted by molar-refractivity contribution is -0.119. The molecule has 3 aromatic rings. The van der Waals surface area contributed by atoms with Crippen molar-refractivity contribution in [1.82, 2.24) is 20.2 Å². The van der Waals surface area contributed by atoms with Crippen LogP contribution in [0.4, 0.5) is 0 Å². The van der Waals surface area contributed by atoms with Crippen molar-refractivity contribution < 1.29 is 4.79 Å². The minimum absolute atomic E-state index is 0.152. The number of hydrogen-bond donors (Lipinski definition) is 2. The molecule has 0 bridgehead atoms. The Kier molecular flexibility index (Phi) is 6.49. The van der Waals surface area contributed by atoms with Crippen LogP contribution in [-0.4, -0.2) is 26.5 Å². The van der Waals surface area contributed by atoms with E-state index >= 15 is 0 Å². The largest absolute Gasteiger partial charge is 0.349 e. The Morgan fingerprint density at radius 2 is 1.93 bits per heavy atom. The van der Waals surface area contributed by atoms with E-state index in [2.05, 4.69) is 15.5 Å². The molecule has 0 saturated heterocycles. The SMILES string of the molecule is Cc1ccc(-c2nnc(SCC(=O)NC(C)c3ccc(Cl)cc3Cl)n2N)cc1. The van der Waals surface area contributed by atoms with Gasteiger partial charge in [-0.15, -0.1) is 10.2 Å². The summed E-state index contributed by atoms with van der Waals surface area (Å²) in [5.41, 5.74) is 2.81. The second kappa shape index (κ2) is 8.86. The van der Waals surface area contributed by atoms with Gasteiger partial charge in [0.25, 0.3) is 0 Å². The molecule has 1 atom stereocenters. The predicted molar refractivity (Wildman–Crippen MR) is 114 cm³/mol. The Morgan fingerprint density at radius 3 is 2.61 bits per heavy atom. The third-order valence-corrected chi connectivity index (χ3v) is 5.62. The number of halogens is 2. The highest BCUT2D eigenvalue weighted by Gasteiger charge is 2.16. The van der Waals surface area contributed by atoms with Gasteiger partial charge in [0.05, 0.1) is 11.8 Å². The summed E-state index contributed by atoms with van der Waals surface area (Å²) in [6.07, 6.45) is 0. The molecule has 0 fully saturated rings. The van der Waals surface area contributed by atoms with Gasteiger partial charge < -0.3 is 11.2 Å². The summed E-state index contributed by atoms with van der Waals surface area (Å²) in [6, 6.07) is 12.8. The standard InChI is InChI=1S/C19H19Cl2N5OS/c1-11-3-5-13(6-4-11)18-24-25-19(26(18)22)28-10-17(27)23-12(2)15-8-7-14(20)9-16(15)21/h3-9,12H,10,22H2,1-2H3,(H,23,27). The lowest BCUT2D eigenvalue weighted by atomic mass is 10.1. The lowest BCUT2D eigenvalue weighted by Crippen LogP contribution is -2.28. The van der Waals surface area contributed by atoms with Gasteiger partial charge in [-0.3, -0.25) is 4.79 Å². The average molecular weight is 436 g/mol. The number of benzene rings is 2. The van der Waals surface area contributed by atoms with Crippen LogP contribution in [0, 0.1) is 6.92 Å². The molecule has 6 nitrogen and oxygen atoms in total. The number of aryl methyl sites for hydroxylation is 1. The molecule has 0 spiro atoms. The van der Waals surface area contributed by atoms with E-state index in [9.17, 15) is 4.79 Å². The topological polar surface area (TPSA) is 85.8 Å². The Bertz CT molecular complexity index is 990. The Morgan fingerprint density at radius 1 is 1.21 bits per heavy atom. The number of carbonyl (C=O) groups excluding carboxylic acids is 1. The van der Waals surface area contributed by atoms with Crippen molar-refractivity contribution in [3.05, 3.63) is 63.6 Å². The van der Waals surface area contributed by atoms with Crippen molar-refractivity contribution >= 4 is 40.9 Å². The lowest BCUT2D eigenvalue weighted by Gasteiger charge is -2.15. The van der Waals surface area contributed by atoms with Crippen LogP contribution in [0.25, 0.3) is 11.4 Å². The molecule has 1 heterocycles. The van der Waals surface area contributed by atoms with Gasteiger partial charge in [-0.05, 0) is 31.5 Å². The zero-order valence-corrected chi connectivity index (χ0v) is 17.6. The minimum atomic E-state index is -0.253. The van der Waals surface area contributed by atoms with Gasteiger partial charge in [-0.25, -0.2) is 4.68 Å². The molecule has 0 radical (unpaired) electrons. The maximum Gasteiger partial charge on any atom is 0.230 e. The molecule has 28 heavy (non-hydrogen) atoms. The van der Waals surface area contributed by atoms with Gasteiger partial charge in [-0.1, -0.05) is 70.9 Å². The Labute approximate surface area is 177 Å². The van der Waals surface area contributed by atoms with Crippen molar-refractivity contribution in [3.8, 4) is 11.4 Å². The van der Waals surface area contributed by atoms with Gasteiger partial charge >= 0.3 is 0 Å². The molecule has 1 amide bonds. The molecule has 0 aliphatic carbocycles. The van der Waals surface area contributed by atoms with E-state index in [0.29, 0.717) is 21.0 Å². The highest BCUT2D eigenvalue weighted by Crippen LogP contribution is 2.26. The van der Waals surface area contributed by atoms with Gasteiger partial charge in [0.15, 0.2) is 5.82 Å². The highest BCUT2D eigenvalue weighted by molar-refractivity contribution is 7.99. The van der Waals surface area contributed by atoms with Crippen molar-refractivity contribution in [2.75, 3.05) is 11.6 Å². The predicted octanol–water partition coefficient (Wildman–Crippen LogP) is 4.24. The number of nitrogens with one attached hydrogen (secondary N) is 1. The number of thioether (sulfide) groups is 1. The number of nitrogens with two attached hydrogens (primary N) is 1. The maximum atomic E-state index is 12.3. The normalized spacial score (nSPS) is 12.0. The molecular formula is C19H19Cl2N5OS. The second-order valence-electron chi connectivity index (χ2n) is 6.29. The molecule has 0 aliphatic heterocycles. The van der Waals surface area contributed by atoms with E-state index < -0.39 is 0 Å². The molecule has 0 aliphatic rings. The first-order valence-corrected chi connectivity index (χ1v) is 10.2. The third kappa shape index (κ3) is 4.79. The Balaban J connectivity index is 1.61. The summed E-state index contributed by atoms with van der Waals surface area (Å²) in [6.45, 7) is 3.87. The minimum Gasteiger partial charge on any atom is -0.349 e. The summed E-state index contributed by atoms with van der Waals surface area (Å²) in [5.74, 6) is 6.63. The van der Waals surface area contributed by atoms with E-state index in [-0.39, 0.29) is 17.7 Å². The van der Waals surface area contributed by atoms with Crippen LogP contribution in [0.2, 0.25) is 10.0 Å². The van der Waals surface area contributed by atoms with E-state index in [1.54, 1.807) is 18.2 Å². The van der Waals surface area contributed by atoms with E-state index in [1.807, 2.05) is 38.1 Å². The van der Waals surface area contributed by atoms with E-state index in [4.69, 9.17) is 29.0 Å². The molecule has 1 unspecified atom stereocenters. The molecule has 9 heteroatoms. The van der Waals surface area contributed by atoms with E-state index in [0.717, 1.165) is 16.7 Å². The number of carbonyl (C=O) groups is 1. The first-order chi connectivity index (χ1) is 13.3. The second-order valence-corrected chi connectivity index (χ2v) is 8.07. The van der Waals surface area contributed by atoms with E-state index in [1.165, 1.54) is 16.4 Å². The zero-order valence-electron chi connectivity index (χ0n) is 15.3. The summed E-state index contributed by atoms with van der Waals surface area (Å²) in [5, 5.41) is 12.6. The molecule has 3 N–H and O–H groups in total. The summed E-state index contributed by atoms with van der Waals surface area (Å²) in [7, 11) is 0. The number of rotatable bonds is 6. The summed E-state index contributed by atoms with van der Waals surface area (Å²) < 4.78 is 1.39. The third-order valence-electron chi connectivity index (χ3n) is 4.11. The van der Waals surface area contributed by atoms with Crippen LogP contribution in [0.1, 0.15) is 24.1 Å². The maximum absolute atomic E-state index is 12.3.